The lowest BCUT2D eigenvalue weighted by Crippen LogP contribution is -2.26. The summed E-state index contributed by atoms with van der Waals surface area (Å²) in [5.41, 5.74) is -0.0207. The van der Waals surface area contributed by atoms with Crippen LogP contribution in [0, 0.1) is 5.41 Å². The van der Waals surface area contributed by atoms with Crippen molar-refractivity contribution < 1.29 is 14.3 Å². The van der Waals surface area contributed by atoms with Crippen LogP contribution in [0.2, 0.25) is 10.0 Å². The summed E-state index contributed by atoms with van der Waals surface area (Å²) in [6.45, 7) is 5.25. The molecule has 0 aliphatic carbocycles. The molecule has 0 saturated carbocycles. The molecule has 0 aliphatic heterocycles. The van der Waals surface area contributed by atoms with Gasteiger partial charge in [-0.1, -0.05) is 55.3 Å². The molecule has 1 aromatic heterocycles. The molecule has 0 radical (unpaired) electrons. The molecule has 0 unspecified atom stereocenters. The minimum Gasteiger partial charge on any atom is -0.468 e. The molecule has 0 fully saturated rings. The largest absolute Gasteiger partial charge is 0.468 e. The van der Waals surface area contributed by atoms with Gasteiger partial charge in [0.25, 0.3) is 5.91 Å². The maximum Gasteiger partial charge on any atom is 0.325 e. The van der Waals surface area contributed by atoms with Gasteiger partial charge in [0.1, 0.15) is 6.54 Å². The van der Waals surface area contributed by atoms with Crippen LogP contribution in [-0.2, 0) is 20.9 Å². The Morgan fingerprint density at radius 1 is 1.30 bits per heavy atom. The molecular weight excluding hydrogens is 359 g/mol. The van der Waals surface area contributed by atoms with E-state index < -0.39 is 11.4 Å². The Hall–Kier alpha value is -1.37. The van der Waals surface area contributed by atoms with Crippen LogP contribution in [-0.4, -0.2) is 23.6 Å². The van der Waals surface area contributed by atoms with Crippen molar-refractivity contribution in [2.75, 3.05) is 7.11 Å². The van der Waals surface area contributed by atoms with Crippen LogP contribution in [0.5, 0.6) is 0 Å². The summed E-state index contributed by atoms with van der Waals surface area (Å²) in [5, 5.41) is 0.861. The van der Waals surface area contributed by atoms with Gasteiger partial charge in [-0.25, -0.2) is 0 Å². The van der Waals surface area contributed by atoms with E-state index in [-0.39, 0.29) is 12.5 Å². The number of amides is 1. The maximum atomic E-state index is 12.2. The molecule has 1 amide bonds. The molecule has 0 saturated heterocycles. The zero-order chi connectivity index (χ0) is 17.4. The van der Waals surface area contributed by atoms with Gasteiger partial charge < -0.3 is 9.30 Å². The molecule has 1 heterocycles. The van der Waals surface area contributed by atoms with Crippen LogP contribution in [0.15, 0.2) is 17.1 Å². The number of halogens is 2. The normalized spacial score (nSPS) is 12.7. The molecule has 8 heteroatoms. The average molecular weight is 375 g/mol. The minimum absolute atomic E-state index is 0.0892. The molecule has 0 bridgehead atoms. The van der Waals surface area contributed by atoms with Crippen molar-refractivity contribution in [2.24, 2.45) is 10.4 Å². The van der Waals surface area contributed by atoms with Gasteiger partial charge in [0, 0.05) is 10.4 Å². The van der Waals surface area contributed by atoms with Gasteiger partial charge in [-0.05, 0) is 12.1 Å². The van der Waals surface area contributed by atoms with Gasteiger partial charge in [-0.3, -0.25) is 9.59 Å². The van der Waals surface area contributed by atoms with Crippen molar-refractivity contribution in [3.63, 3.8) is 0 Å². The van der Waals surface area contributed by atoms with Crippen molar-refractivity contribution in [2.45, 2.75) is 27.3 Å². The third-order valence-electron chi connectivity index (χ3n) is 3.05. The molecule has 0 N–H and O–H groups in total. The van der Waals surface area contributed by atoms with Crippen LogP contribution in [0.1, 0.15) is 20.8 Å². The van der Waals surface area contributed by atoms with Crippen molar-refractivity contribution in [1.29, 1.82) is 0 Å². The second-order valence-electron chi connectivity index (χ2n) is 5.95. The summed E-state index contributed by atoms with van der Waals surface area (Å²) < 4.78 is 7.03. The number of fused-ring (bicyclic) bond motifs is 1. The highest BCUT2D eigenvalue weighted by molar-refractivity contribution is 7.16. The molecule has 0 atom stereocenters. The topological polar surface area (TPSA) is 60.7 Å². The molecule has 2 aromatic rings. The Morgan fingerprint density at radius 3 is 2.52 bits per heavy atom. The fourth-order valence-electron chi connectivity index (χ4n) is 1.81. The molecule has 124 valence electrons. The summed E-state index contributed by atoms with van der Waals surface area (Å²) in [4.78, 5) is 28.5. The van der Waals surface area contributed by atoms with E-state index in [9.17, 15) is 9.59 Å². The number of ether oxygens (including phenoxy) is 1. The van der Waals surface area contributed by atoms with Gasteiger partial charge >= 0.3 is 5.97 Å². The number of nitrogens with zero attached hydrogens (tertiary/aromatic N) is 2. The van der Waals surface area contributed by atoms with Gasteiger partial charge in [-0.2, -0.15) is 4.99 Å². The summed E-state index contributed by atoms with van der Waals surface area (Å²) in [5.74, 6) is -0.745. The Morgan fingerprint density at radius 2 is 1.96 bits per heavy atom. The minimum atomic E-state index is -0.624. The van der Waals surface area contributed by atoms with Gasteiger partial charge in [0.15, 0.2) is 4.80 Å². The lowest BCUT2D eigenvalue weighted by Gasteiger charge is -2.12. The zero-order valence-electron chi connectivity index (χ0n) is 13.1. The van der Waals surface area contributed by atoms with Gasteiger partial charge in [0.2, 0.25) is 0 Å². The predicted octanol–water partition coefficient (Wildman–Crippen LogP) is 3.66. The van der Waals surface area contributed by atoms with Crippen LogP contribution in [0.25, 0.3) is 10.2 Å². The molecular formula is C15H16Cl2N2O3S. The number of thiazole rings is 1. The summed E-state index contributed by atoms with van der Waals surface area (Å²) in [7, 11) is 1.30. The van der Waals surface area contributed by atoms with Crippen molar-refractivity contribution >= 4 is 56.6 Å². The van der Waals surface area contributed by atoms with E-state index in [1.165, 1.54) is 18.4 Å². The molecule has 2 rings (SSSR count). The Labute approximate surface area is 147 Å². The summed E-state index contributed by atoms with van der Waals surface area (Å²) >= 11 is 13.5. The SMILES string of the molecule is COC(=O)Cn1c(=NC(=O)C(C)(C)C)sc2cc(Cl)cc(Cl)c21. The maximum absolute atomic E-state index is 12.2. The smallest absolute Gasteiger partial charge is 0.325 e. The lowest BCUT2D eigenvalue weighted by atomic mass is 9.96. The summed E-state index contributed by atoms with van der Waals surface area (Å²) in [6, 6.07) is 3.31. The number of methoxy groups -OCH3 is 1. The number of carbonyl (C=O) groups excluding carboxylic acids is 2. The number of esters is 1. The first-order valence-electron chi connectivity index (χ1n) is 6.78. The van der Waals surface area contributed by atoms with Crippen LogP contribution in [0.4, 0.5) is 0 Å². The second kappa shape index (κ2) is 6.63. The monoisotopic (exact) mass is 374 g/mol. The van der Waals surface area contributed by atoms with Crippen molar-refractivity contribution in [3.05, 3.63) is 27.0 Å². The lowest BCUT2D eigenvalue weighted by molar-refractivity contribution is -0.141. The van der Waals surface area contributed by atoms with Crippen LogP contribution >= 0.6 is 34.5 Å². The van der Waals surface area contributed by atoms with E-state index in [0.717, 1.165) is 4.70 Å². The number of carbonyl (C=O) groups is 2. The van der Waals surface area contributed by atoms with E-state index >= 15 is 0 Å². The van der Waals surface area contributed by atoms with Gasteiger partial charge in [0.05, 0.1) is 22.3 Å². The van der Waals surface area contributed by atoms with E-state index in [1.807, 2.05) is 0 Å². The van der Waals surface area contributed by atoms with Crippen molar-refractivity contribution in [3.8, 4) is 0 Å². The fourth-order valence-corrected chi connectivity index (χ4v) is 3.62. The van der Waals surface area contributed by atoms with E-state index in [1.54, 1.807) is 37.5 Å². The van der Waals surface area contributed by atoms with Crippen LogP contribution < -0.4 is 4.80 Å². The number of aromatic nitrogens is 1. The van der Waals surface area contributed by atoms with Crippen LogP contribution in [0.3, 0.4) is 0 Å². The number of benzene rings is 1. The first-order valence-corrected chi connectivity index (χ1v) is 8.35. The third kappa shape index (κ3) is 3.94. The molecule has 5 nitrogen and oxygen atoms in total. The first kappa shape index (κ1) is 18.0. The van der Waals surface area contributed by atoms with E-state index in [2.05, 4.69) is 4.99 Å². The first-order chi connectivity index (χ1) is 10.6. The Balaban J connectivity index is 2.75. The third-order valence-corrected chi connectivity index (χ3v) is 4.58. The van der Waals surface area contributed by atoms with Crippen molar-refractivity contribution in [1.82, 2.24) is 4.57 Å². The quantitative estimate of drug-likeness (QED) is 0.753. The highest BCUT2D eigenvalue weighted by Gasteiger charge is 2.22. The van der Waals surface area contributed by atoms with Gasteiger partial charge in [-0.15, -0.1) is 0 Å². The Kier molecular flexibility index (Phi) is 5.18. The fraction of sp³-hybridized carbons (Fsp3) is 0.400. The molecule has 0 spiro atoms. The second-order valence-corrected chi connectivity index (χ2v) is 7.80. The average Bonchev–Trinajstić information content (AvgIpc) is 2.75. The number of hydrogen-bond donors (Lipinski definition) is 0. The zero-order valence-corrected chi connectivity index (χ0v) is 15.5. The van der Waals surface area contributed by atoms with E-state index in [4.69, 9.17) is 27.9 Å². The molecule has 1 aromatic carbocycles. The highest BCUT2D eigenvalue weighted by Crippen LogP contribution is 2.30. The predicted molar refractivity (Wildman–Crippen MR) is 91.9 cm³/mol. The van der Waals surface area contributed by atoms with E-state index in [0.29, 0.717) is 20.4 Å². The Bertz CT molecular complexity index is 847. The standard InChI is InChI=1S/C15H16Cl2N2O3S/c1-15(2,3)13(21)18-14-19(7-11(20)22-4)12-9(17)5-8(16)6-10(12)23-14/h5-6H,7H2,1-4H3. The molecule has 23 heavy (non-hydrogen) atoms. The molecule has 0 aliphatic rings. The highest BCUT2D eigenvalue weighted by atomic mass is 35.5. The summed E-state index contributed by atoms with van der Waals surface area (Å²) in [6.07, 6.45) is 0. The number of rotatable bonds is 2. The number of hydrogen-bond acceptors (Lipinski definition) is 4.